The lowest BCUT2D eigenvalue weighted by molar-refractivity contribution is 0.0497. The van der Waals surface area contributed by atoms with Gasteiger partial charge in [0, 0.05) is 37.8 Å². The molecule has 1 amide bonds. The van der Waals surface area contributed by atoms with Gasteiger partial charge in [-0.15, -0.1) is 0 Å². The SMILES string of the molecule is CCn1ccnc1C(NC(=O)c1cccc(C)n1)C1CCOCC1. The Kier molecular flexibility index (Phi) is 5.25. The maximum absolute atomic E-state index is 12.7. The van der Waals surface area contributed by atoms with E-state index in [1.54, 1.807) is 12.3 Å². The largest absolute Gasteiger partial charge is 0.381 e. The van der Waals surface area contributed by atoms with Crippen LogP contribution in [0.3, 0.4) is 0 Å². The van der Waals surface area contributed by atoms with E-state index in [1.165, 1.54) is 0 Å². The zero-order valence-electron chi connectivity index (χ0n) is 14.2. The molecule has 1 saturated heterocycles. The topological polar surface area (TPSA) is 69.0 Å². The summed E-state index contributed by atoms with van der Waals surface area (Å²) in [5.74, 6) is 1.08. The second-order valence-electron chi connectivity index (χ2n) is 6.14. The zero-order chi connectivity index (χ0) is 16.9. The molecule has 2 aromatic heterocycles. The quantitative estimate of drug-likeness (QED) is 0.915. The van der Waals surface area contributed by atoms with Gasteiger partial charge in [0.25, 0.3) is 5.91 Å². The third-order valence-corrected chi connectivity index (χ3v) is 4.51. The molecule has 6 nitrogen and oxygen atoms in total. The summed E-state index contributed by atoms with van der Waals surface area (Å²) in [6, 6.07) is 5.36. The van der Waals surface area contributed by atoms with Gasteiger partial charge in [0.2, 0.25) is 0 Å². The number of hydrogen-bond donors (Lipinski definition) is 1. The van der Waals surface area contributed by atoms with E-state index >= 15 is 0 Å². The second-order valence-corrected chi connectivity index (χ2v) is 6.14. The van der Waals surface area contributed by atoms with Crippen molar-refractivity contribution in [2.24, 2.45) is 5.92 Å². The first-order valence-corrected chi connectivity index (χ1v) is 8.52. The number of aryl methyl sites for hydroxylation is 2. The highest BCUT2D eigenvalue weighted by Crippen LogP contribution is 2.29. The van der Waals surface area contributed by atoms with Crippen LogP contribution < -0.4 is 5.32 Å². The Morgan fingerprint density at radius 2 is 2.21 bits per heavy atom. The lowest BCUT2D eigenvalue weighted by atomic mass is 9.91. The highest BCUT2D eigenvalue weighted by Gasteiger charge is 2.30. The van der Waals surface area contributed by atoms with Crippen LogP contribution in [0.2, 0.25) is 0 Å². The first-order valence-electron chi connectivity index (χ1n) is 8.52. The molecule has 0 bridgehead atoms. The van der Waals surface area contributed by atoms with Crippen molar-refractivity contribution in [2.45, 2.75) is 39.3 Å². The van der Waals surface area contributed by atoms with E-state index in [4.69, 9.17) is 4.74 Å². The summed E-state index contributed by atoms with van der Waals surface area (Å²) in [5.41, 5.74) is 1.28. The number of nitrogens with one attached hydrogen (secondary N) is 1. The first-order chi connectivity index (χ1) is 11.7. The third-order valence-electron chi connectivity index (χ3n) is 4.51. The highest BCUT2D eigenvalue weighted by molar-refractivity contribution is 5.92. The lowest BCUT2D eigenvalue weighted by Gasteiger charge is -2.30. The van der Waals surface area contributed by atoms with E-state index in [2.05, 4.69) is 26.8 Å². The van der Waals surface area contributed by atoms with Crippen molar-refractivity contribution >= 4 is 5.91 Å². The number of imidazole rings is 1. The Bertz CT molecular complexity index is 692. The number of ether oxygens (including phenoxy) is 1. The molecule has 0 aromatic carbocycles. The van der Waals surface area contributed by atoms with Gasteiger partial charge in [-0.1, -0.05) is 6.07 Å². The number of carbonyl (C=O) groups is 1. The number of amides is 1. The molecule has 1 fully saturated rings. The summed E-state index contributed by atoms with van der Waals surface area (Å²) >= 11 is 0. The average molecular weight is 328 g/mol. The molecular weight excluding hydrogens is 304 g/mol. The van der Waals surface area contributed by atoms with Crippen LogP contribution in [-0.4, -0.2) is 33.7 Å². The number of rotatable bonds is 5. The van der Waals surface area contributed by atoms with Gasteiger partial charge in [0.05, 0.1) is 6.04 Å². The van der Waals surface area contributed by atoms with Crippen molar-refractivity contribution in [3.8, 4) is 0 Å². The standard InChI is InChI=1S/C18H24N4O2/c1-3-22-10-9-19-17(22)16(14-7-11-24-12-8-14)21-18(23)15-6-4-5-13(2)20-15/h4-6,9-10,14,16H,3,7-8,11-12H2,1-2H3,(H,21,23). The normalized spacial score (nSPS) is 16.8. The summed E-state index contributed by atoms with van der Waals surface area (Å²) in [4.78, 5) is 21.5. The van der Waals surface area contributed by atoms with Gasteiger partial charge in [0.15, 0.2) is 0 Å². The maximum atomic E-state index is 12.7. The predicted octanol–water partition coefficient (Wildman–Crippen LogP) is 2.50. The number of nitrogens with zero attached hydrogens (tertiary/aromatic N) is 3. The Hall–Kier alpha value is -2.21. The smallest absolute Gasteiger partial charge is 0.270 e. The summed E-state index contributed by atoms with van der Waals surface area (Å²) in [6.07, 6.45) is 5.59. The van der Waals surface area contributed by atoms with E-state index in [-0.39, 0.29) is 11.9 Å². The molecule has 1 atom stereocenters. The van der Waals surface area contributed by atoms with Gasteiger partial charge in [0.1, 0.15) is 11.5 Å². The van der Waals surface area contributed by atoms with Gasteiger partial charge in [-0.2, -0.15) is 0 Å². The molecule has 0 spiro atoms. The lowest BCUT2D eigenvalue weighted by Crippen LogP contribution is -2.38. The number of hydrogen-bond acceptors (Lipinski definition) is 4. The third kappa shape index (κ3) is 3.64. The van der Waals surface area contributed by atoms with E-state index < -0.39 is 0 Å². The van der Waals surface area contributed by atoms with Crippen LogP contribution in [0.15, 0.2) is 30.6 Å². The molecule has 6 heteroatoms. The van der Waals surface area contributed by atoms with E-state index in [0.717, 1.165) is 44.1 Å². The van der Waals surface area contributed by atoms with Crippen LogP contribution in [0.25, 0.3) is 0 Å². The van der Waals surface area contributed by atoms with Crippen LogP contribution in [0.1, 0.15) is 47.8 Å². The Balaban J connectivity index is 1.85. The van der Waals surface area contributed by atoms with Crippen molar-refractivity contribution in [3.05, 3.63) is 47.8 Å². The van der Waals surface area contributed by atoms with Crippen LogP contribution >= 0.6 is 0 Å². The average Bonchev–Trinajstić information content (AvgIpc) is 3.08. The molecule has 3 rings (SSSR count). The zero-order valence-corrected chi connectivity index (χ0v) is 14.2. The summed E-state index contributed by atoms with van der Waals surface area (Å²) < 4.78 is 7.56. The summed E-state index contributed by atoms with van der Waals surface area (Å²) in [6.45, 7) is 6.25. The monoisotopic (exact) mass is 328 g/mol. The molecule has 1 aliphatic rings. The Morgan fingerprint density at radius 3 is 2.92 bits per heavy atom. The van der Waals surface area contributed by atoms with E-state index in [1.807, 2.05) is 25.3 Å². The van der Waals surface area contributed by atoms with Crippen molar-refractivity contribution in [1.82, 2.24) is 19.9 Å². The van der Waals surface area contributed by atoms with E-state index in [0.29, 0.717) is 11.6 Å². The van der Waals surface area contributed by atoms with Crippen LogP contribution in [0, 0.1) is 12.8 Å². The Labute approximate surface area is 142 Å². The first kappa shape index (κ1) is 16.6. The van der Waals surface area contributed by atoms with Crippen LogP contribution in [0.5, 0.6) is 0 Å². The minimum Gasteiger partial charge on any atom is -0.381 e. The number of aromatic nitrogens is 3. The molecule has 2 aromatic rings. The molecular formula is C18H24N4O2. The highest BCUT2D eigenvalue weighted by atomic mass is 16.5. The molecule has 3 heterocycles. The summed E-state index contributed by atoms with van der Waals surface area (Å²) in [5, 5.41) is 3.17. The fourth-order valence-electron chi connectivity index (χ4n) is 3.19. The van der Waals surface area contributed by atoms with Crippen LogP contribution in [0.4, 0.5) is 0 Å². The molecule has 0 aliphatic carbocycles. The minimum atomic E-state index is -0.152. The molecule has 0 radical (unpaired) electrons. The molecule has 1 N–H and O–H groups in total. The van der Waals surface area contributed by atoms with Gasteiger partial charge >= 0.3 is 0 Å². The van der Waals surface area contributed by atoms with Gasteiger partial charge < -0.3 is 14.6 Å². The molecule has 128 valence electrons. The van der Waals surface area contributed by atoms with Crippen molar-refractivity contribution < 1.29 is 9.53 Å². The molecule has 0 saturated carbocycles. The molecule has 24 heavy (non-hydrogen) atoms. The van der Waals surface area contributed by atoms with Gasteiger partial charge in [-0.3, -0.25) is 4.79 Å². The Morgan fingerprint density at radius 1 is 1.42 bits per heavy atom. The summed E-state index contributed by atoms with van der Waals surface area (Å²) in [7, 11) is 0. The maximum Gasteiger partial charge on any atom is 0.270 e. The van der Waals surface area contributed by atoms with Crippen molar-refractivity contribution in [3.63, 3.8) is 0 Å². The van der Waals surface area contributed by atoms with Crippen molar-refractivity contribution in [1.29, 1.82) is 0 Å². The minimum absolute atomic E-state index is 0.126. The van der Waals surface area contributed by atoms with Crippen molar-refractivity contribution in [2.75, 3.05) is 13.2 Å². The second kappa shape index (κ2) is 7.57. The van der Waals surface area contributed by atoms with E-state index in [9.17, 15) is 4.79 Å². The predicted molar refractivity (Wildman–Crippen MR) is 90.6 cm³/mol. The van der Waals surface area contributed by atoms with Gasteiger partial charge in [-0.05, 0) is 44.7 Å². The number of carbonyl (C=O) groups excluding carboxylic acids is 1. The van der Waals surface area contributed by atoms with Crippen LogP contribution in [-0.2, 0) is 11.3 Å². The fourth-order valence-corrected chi connectivity index (χ4v) is 3.19. The number of pyridine rings is 1. The fraction of sp³-hybridized carbons (Fsp3) is 0.500. The molecule has 1 aliphatic heterocycles. The molecule has 1 unspecified atom stereocenters. The van der Waals surface area contributed by atoms with Gasteiger partial charge in [-0.25, -0.2) is 9.97 Å².